The van der Waals surface area contributed by atoms with E-state index < -0.39 is 5.91 Å². The highest BCUT2D eigenvalue weighted by Gasteiger charge is 2.17. The zero-order valence-corrected chi connectivity index (χ0v) is 9.93. The molecule has 4 N–H and O–H groups in total. The Morgan fingerprint density at radius 3 is 2.88 bits per heavy atom. The van der Waals surface area contributed by atoms with Gasteiger partial charge in [-0.25, -0.2) is 4.63 Å². The predicted molar refractivity (Wildman–Crippen MR) is 62.5 cm³/mol. The summed E-state index contributed by atoms with van der Waals surface area (Å²) in [5, 5.41) is 18.7. The van der Waals surface area contributed by atoms with Crippen molar-refractivity contribution < 1.29 is 14.5 Å². The van der Waals surface area contributed by atoms with E-state index in [-0.39, 0.29) is 22.9 Å². The number of nitrogen functional groups attached to an aromatic ring is 1. The summed E-state index contributed by atoms with van der Waals surface area (Å²) in [5.41, 5.74) is 5.46. The van der Waals surface area contributed by atoms with Crippen molar-refractivity contribution >= 4 is 33.3 Å². The molecule has 1 amide bonds. The summed E-state index contributed by atoms with van der Waals surface area (Å²) >= 11 is 3.13. The number of rotatable bonds is 2. The van der Waals surface area contributed by atoms with E-state index in [0.29, 0.717) is 4.47 Å². The highest BCUT2D eigenvalue weighted by atomic mass is 79.9. The number of nitrogens with zero attached hydrogens (tertiary/aromatic N) is 2. The summed E-state index contributed by atoms with van der Waals surface area (Å²) in [6.45, 7) is 0. The largest absolute Gasteiger partial charge is 0.505 e. The van der Waals surface area contributed by atoms with Crippen molar-refractivity contribution in [3.8, 4) is 5.75 Å². The van der Waals surface area contributed by atoms with Crippen molar-refractivity contribution in [2.75, 3.05) is 11.1 Å². The summed E-state index contributed by atoms with van der Waals surface area (Å²) < 4.78 is 4.76. The van der Waals surface area contributed by atoms with Crippen LogP contribution in [-0.2, 0) is 0 Å². The number of aromatic nitrogens is 2. The number of anilines is 2. The molecule has 0 aliphatic heterocycles. The average molecular weight is 299 g/mol. The molecule has 1 heterocycles. The van der Waals surface area contributed by atoms with Crippen molar-refractivity contribution in [2.45, 2.75) is 0 Å². The number of nitrogens with one attached hydrogen (secondary N) is 1. The number of amides is 1. The van der Waals surface area contributed by atoms with Crippen LogP contribution >= 0.6 is 15.9 Å². The molecule has 0 saturated heterocycles. The third kappa shape index (κ3) is 2.21. The van der Waals surface area contributed by atoms with Gasteiger partial charge in [-0.05, 0) is 38.4 Å². The van der Waals surface area contributed by atoms with Crippen LogP contribution in [0.3, 0.4) is 0 Å². The lowest BCUT2D eigenvalue weighted by molar-refractivity contribution is 0.101. The van der Waals surface area contributed by atoms with Gasteiger partial charge in [0.2, 0.25) is 11.5 Å². The first-order chi connectivity index (χ1) is 8.09. The van der Waals surface area contributed by atoms with Gasteiger partial charge in [-0.3, -0.25) is 4.79 Å². The Hall–Kier alpha value is -2.09. The van der Waals surface area contributed by atoms with Crippen LogP contribution in [0.15, 0.2) is 27.3 Å². The highest BCUT2D eigenvalue weighted by molar-refractivity contribution is 9.10. The molecule has 2 aromatic rings. The van der Waals surface area contributed by atoms with Gasteiger partial charge in [-0.2, -0.15) is 0 Å². The van der Waals surface area contributed by atoms with Crippen LogP contribution in [0.5, 0.6) is 5.75 Å². The molecular formula is C9H7BrN4O3. The second-order valence-corrected chi connectivity index (χ2v) is 3.94. The molecule has 0 spiro atoms. The first-order valence-electron chi connectivity index (χ1n) is 4.46. The molecule has 17 heavy (non-hydrogen) atoms. The molecule has 1 aromatic carbocycles. The van der Waals surface area contributed by atoms with E-state index >= 15 is 0 Å². The number of benzene rings is 1. The van der Waals surface area contributed by atoms with Gasteiger partial charge in [0.1, 0.15) is 0 Å². The molecule has 1 aromatic heterocycles. The minimum atomic E-state index is -0.614. The second kappa shape index (κ2) is 4.42. The van der Waals surface area contributed by atoms with Gasteiger partial charge in [0.05, 0.1) is 10.2 Å². The third-order valence-corrected chi connectivity index (χ3v) is 2.60. The van der Waals surface area contributed by atoms with Crippen molar-refractivity contribution in [3.63, 3.8) is 0 Å². The minimum Gasteiger partial charge on any atom is -0.505 e. The summed E-state index contributed by atoms with van der Waals surface area (Å²) in [5.74, 6) is -0.815. The van der Waals surface area contributed by atoms with E-state index in [4.69, 9.17) is 5.73 Å². The smallest absolute Gasteiger partial charge is 0.281 e. The molecule has 7 nitrogen and oxygen atoms in total. The monoisotopic (exact) mass is 298 g/mol. The summed E-state index contributed by atoms with van der Waals surface area (Å²) in [6, 6.07) is 4.82. The van der Waals surface area contributed by atoms with E-state index in [0.717, 1.165) is 0 Å². The molecule has 0 aliphatic carbocycles. The lowest BCUT2D eigenvalue weighted by Gasteiger charge is -2.06. The fraction of sp³-hybridized carbons (Fsp3) is 0. The van der Waals surface area contributed by atoms with Crippen LogP contribution in [0.1, 0.15) is 10.5 Å². The van der Waals surface area contributed by atoms with Crippen molar-refractivity contribution in [1.29, 1.82) is 0 Å². The van der Waals surface area contributed by atoms with Gasteiger partial charge >= 0.3 is 0 Å². The van der Waals surface area contributed by atoms with E-state index in [1.807, 2.05) is 0 Å². The Kier molecular flexibility index (Phi) is 2.96. The topological polar surface area (TPSA) is 114 Å². The maximum atomic E-state index is 11.7. The Balaban J connectivity index is 2.25. The van der Waals surface area contributed by atoms with E-state index in [1.54, 1.807) is 12.1 Å². The third-order valence-electron chi connectivity index (χ3n) is 1.96. The summed E-state index contributed by atoms with van der Waals surface area (Å²) in [4.78, 5) is 11.7. The highest BCUT2D eigenvalue weighted by Crippen LogP contribution is 2.31. The standard InChI is InChI=1S/C9H7BrN4O3/c10-4-2-1-3-5(7(4)15)12-9(16)6-8(11)14-17-13-6/h1-3,15H,(H2,11,14)(H,12,16). The van der Waals surface area contributed by atoms with Gasteiger partial charge < -0.3 is 16.2 Å². The minimum absolute atomic E-state index is 0.0872. The van der Waals surface area contributed by atoms with Gasteiger partial charge in [0, 0.05) is 0 Å². The van der Waals surface area contributed by atoms with Gasteiger partial charge in [-0.1, -0.05) is 6.07 Å². The molecule has 2 rings (SSSR count). The predicted octanol–water partition coefficient (Wildman–Crippen LogP) is 1.37. The summed E-state index contributed by atoms with van der Waals surface area (Å²) in [7, 11) is 0. The number of carbonyl (C=O) groups is 1. The van der Waals surface area contributed by atoms with Crippen LogP contribution in [0, 0.1) is 0 Å². The van der Waals surface area contributed by atoms with E-state index in [1.165, 1.54) is 6.07 Å². The maximum absolute atomic E-state index is 11.7. The van der Waals surface area contributed by atoms with Gasteiger partial charge in [0.15, 0.2) is 5.75 Å². The molecule has 88 valence electrons. The first-order valence-corrected chi connectivity index (χ1v) is 5.25. The maximum Gasteiger partial charge on any atom is 0.281 e. The molecule has 0 bridgehead atoms. The van der Waals surface area contributed by atoms with Crippen molar-refractivity contribution in [2.24, 2.45) is 0 Å². The SMILES string of the molecule is Nc1nonc1C(=O)Nc1cccc(Br)c1O. The molecule has 0 radical (unpaired) electrons. The Morgan fingerprint density at radius 2 is 2.24 bits per heavy atom. The van der Waals surface area contributed by atoms with E-state index in [9.17, 15) is 9.90 Å². The number of aromatic hydroxyl groups is 1. The molecule has 0 atom stereocenters. The van der Waals surface area contributed by atoms with Crippen LogP contribution in [0.2, 0.25) is 0 Å². The lowest BCUT2D eigenvalue weighted by atomic mass is 10.3. The fourth-order valence-electron chi connectivity index (χ4n) is 1.15. The van der Waals surface area contributed by atoms with Crippen LogP contribution in [-0.4, -0.2) is 21.3 Å². The first kappa shape index (κ1) is 11.4. The lowest BCUT2D eigenvalue weighted by Crippen LogP contribution is -2.14. The average Bonchev–Trinajstić information content (AvgIpc) is 2.71. The van der Waals surface area contributed by atoms with Crippen molar-refractivity contribution in [1.82, 2.24) is 10.3 Å². The number of phenolic OH excluding ortho intramolecular Hbond substituents is 1. The Bertz CT molecular complexity index is 569. The van der Waals surface area contributed by atoms with Crippen LogP contribution < -0.4 is 11.1 Å². The number of nitrogens with two attached hydrogens (primary N) is 1. The number of para-hydroxylation sites is 1. The summed E-state index contributed by atoms with van der Waals surface area (Å²) in [6.07, 6.45) is 0. The van der Waals surface area contributed by atoms with Crippen LogP contribution in [0.25, 0.3) is 0 Å². The second-order valence-electron chi connectivity index (χ2n) is 3.09. The molecular weight excluding hydrogens is 292 g/mol. The fourth-order valence-corrected chi connectivity index (χ4v) is 1.52. The number of hydrogen-bond acceptors (Lipinski definition) is 6. The van der Waals surface area contributed by atoms with Crippen molar-refractivity contribution in [3.05, 3.63) is 28.4 Å². The Morgan fingerprint density at radius 1 is 1.47 bits per heavy atom. The molecule has 0 saturated carbocycles. The molecule has 0 aliphatic rings. The number of halogens is 1. The van der Waals surface area contributed by atoms with Crippen LogP contribution in [0.4, 0.5) is 11.5 Å². The number of hydrogen-bond donors (Lipinski definition) is 3. The quantitative estimate of drug-likeness (QED) is 0.722. The molecule has 0 fully saturated rings. The molecule has 0 unspecified atom stereocenters. The van der Waals surface area contributed by atoms with Gasteiger partial charge in [0.25, 0.3) is 5.91 Å². The number of carbonyl (C=O) groups excluding carboxylic acids is 1. The molecule has 8 heteroatoms. The van der Waals surface area contributed by atoms with Gasteiger partial charge in [-0.15, -0.1) is 0 Å². The zero-order valence-electron chi connectivity index (χ0n) is 8.35. The Labute approximate surface area is 104 Å². The normalized spacial score (nSPS) is 10.2. The number of phenols is 1. The zero-order chi connectivity index (χ0) is 12.4. The van der Waals surface area contributed by atoms with E-state index in [2.05, 4.69) is 36.2 Å².